The summed E-state index contributed by atoms with van der Waals surface area (Å²) in [4.78, 5) is 0. The molecule has 0 spiro atoms. The SMILES string of the molecule is CC(C)(C)NCCNC1CCCCC1. The van der Waals surface area contributed by atoms with E-state index in [2.05, 4.69) is 31.4 Å². The Hall–Kier alpha value is -0.0800. The first-order valence-corrected chi connectivity index (χ1v) is 6.06. The van der Waals surface area contributed by atoms with Crippen LogP contribution in [-0.2, 0) is 0 Å². The Morgan fingerprint density at radius 3 is 2.21 bits per heavy atom. The van der Waals surface area contributed by atoms with Gasteiger partial charge in [0.25, 0.3) is 0 Å². The topological polar surface area (TPSA) is 24.1 Å². The summed E-state index contributed by atoms with van der Waals surface area (Å²) >= 11 is 0. The predicted octanol–water partition coefficient (Wildman–Crippen LogP) is 2.30. The Labute approximate surface area is 88.8 Å². The van der Waals surface area contributed by atoms with E-state index >= 15 is 0 Å². The van der Waals surface area contributed by atoms with Crippen molar-refractivity contribution < 1.29 is 0 Å². The van der Waals surface area contributed by atoms with Crippen LogP contribution in [0.2, 0.25) is 0 Å². The summed E-state index contributed by atoms with van der Waals surface area (Å²) in [6.07, 6.45) is 7.05. The molecule has 2 heteroatoms. The quantitative estimate of drug-likeness (QED) is 0.677. The molecule has 2 nitrogen and oxygen atoms in total. The molecule has 0 heterocycles. The van der Waals surface area contributed by atoms with Crippen LogP contribution in [0, 0.1) is 0 Å². The lowest BCUT2D eigenvalue weighted by Gasteiger charge is -2.25. The van der Waals surface area contributed by atoms with Gasteiger partial charge >= 0.3 is 0 Å². The first-order chi connectivity index (χ1) is 6.58. The van der Waals surface area contributed by atoms with E-state index < -0.39 is 0 Å². The third-order valence-corrected chi connectivity index (χ3v) is 2.82. The zero-order chi connectivity index (χ0) is 10.4. The second-order valence-corrected chi connectivity index (χ2v) is 5.47. The van der Waals surface area contributed by atoms with E-state index in [0.717, 1.165) is 19.1 Å². The van der Waals surface area contributed by atoms with Crippen molar-refractivity contribution in [2.24, 2.45) is 0 Å². The van der Waals surface area contributed by atoms with Crippen molar-refractivity contribution in [3.05, 3.63) is 0 Å². The van der Waals surface area contributed by atoms with Gasteiger partial charge in [0.2, 0.25) is 0 Å². The van der Waals surface area contributed by atoms with E-state index in [9.17, 15) is 0 Å². The van der Waals surface area contributed by atoms with Crippen molar-refractivity contribution in [3.8, 4) is 0 Å². The van der Waals surface area contributed by atoms with Crippen LogP contribution in [0.5, 0.6) is 0 Å². The van der Waals surface area contributed by atoms with Crippen molar-refractivity contribution in [1.29, 1.82) is 0 Å². The number of rotatable bonds is 4. The summed E-state index contributed by atoms with van der Waals surface area (Å²) in [6, 6.07) is 0.797. The molecular formula is C12H26N2. The van der Waals surface area contributed by atoms with Crippen molar-refractivity contribution in [2.75, 3.05) is 13.1 Å². The van der Waals surface area contributed by atoms with Crippen LogP contribution in [0.1, 0.15) is 52.9 Å². The molecule has 0 saturated heterocycles. The van der Waals surface area contributed by atoms with Gasteiger partial charge < -0.3 is 10.6 Å². The molecular weight excluding hydrogens is 172 g/mol. The molecule has 84 valence electrons. The molecule has 0 unspecified atom stereocenters. The highest BCUT2D eigenvalue weighted by Gasteiger charge is 2.12. The lowest BCUT2D eigenvalue weighted by atomic mass is 9.95. The minimum atomic E-state index is 0.258. The Balaban J connectivity index is 1.97. The van der Waals surface area contributed by atoms with Gasteiger partial charge in [-0.15, -0.1) is 0 Å². The minimum absolute atomic E-state index is 0.258. The van der Waals surface area contributed by atoms with Gasteiger partial charge in [-0.05, 0) is 33.6 Å². The molecule has 1 fully saturated rings. The van der Waals surface area contributed by atoms with Gasteiger partial charge in [-0.25, -0.2) is 0 Å². The lowest BCUT2D eigenvalue weighted by Crippen LogP contribution is -2.42. The number of hydrogen-bond acceptors (Lipinski definition) is 2. The molecule has 0 aromatic rings. The third-order valence-electron chi connectivity index (χ3n) is 2.82. The van der Waals surface area contributed by atoms with Gasteiger partial charge in [-0.1, -0.05) is 19.3 Å². The maximum absolute atomic E-state index is 3.63. The molecule has 0 aromatic heterocycles. The summed E-state index contributed by atoms with van der Waals surface area (Å²) in [6.45, 7) is 8.84. The monoisotopic (exact) mass is 198 g/mol. The first kappa shape index (κ1) is 12.0. The Morgan fingerprint density at radius 1 is 1.00 bits per heavy atom. The van der Waals surface area contributed by atoms with Crippen molar-refractivity contribution in [3.63, 3.8) is 0 Å². The van der Waals surface area contributed by atoms with Gasteiger partial charge in [-0.3, -0.25) is 0 Å². The average Bonchev–Trinajstić information content (AvgIpc) is 2.13. The Morgan fingerprint density at radius 2 is 1.64 bits per heavy atom. The molecule has 1 aliphatic carbocycles. The highest BCUT2D eigenvalue weighted by Crippen LogP contribution is 2.16. The largest absolute Gasteiger partial charge is 0.313 e. The zero-order valence-electron chi connectivity index (χ0n) is 10.0. The number of hydrogen-bond donors (Lipinski definition) is 2. The minimum Gasteiger partial charge on any atom is -0.313 e. The fraction of sp³-hybridized carbons (Fsp3) is 1.00. The second kappa shape index (κ2) is 5.72. The summed E-state index contributed by atoms with van der Waals surface area (Å²) in [7, 11) is 0. The Kier molecular flexibility index (Phi) is 4.90. The molecule has 0 aromatic carbocycles. The average molecular weight is 198 g/mol. The summed E-state index contributed by atoms with van der Waals surface area (Å²) in [5, 5.41) is 7.13. The van der Waals surface area contributed by atoms with E-state index in [0.29, 0.717) is 0 Å². The Bertz CT molecular complexity index is 143. The predicted molar refractivity (Wildman–Crippen MR) is 62.6 cm³/mol. The van der Waals surface area contributed by atoms with E-state index in [4.69, 9.17) is 0 Å². The van der Waals surface area contributed by atoms with Gasteiger partial charge in [0.1, 0.15) is 0 Å². The summed E-state index contributed by atoms with van der Waals surface area (Å²) in [5.41, 5.74) is 0.258. The van der Waals surface area contributed by atoms with Gasteiger partial charge in [-0.2, -0.15) is 0 Å². The lowest BCUT2D eigenvalue weighted by molar-refractivity contribution is 0.357. The molecule has 1 rings (SSSR count). The summed E-state index contributed by atoms with van der Waals surface area (Å²) in [5.74, 6) is 0. The molecule has 1 saturated carbocycles. The highest BCUT2D eigenvalue weighted by atomic mass is 15.0. The summed E-state index contributed by atoms with van der Waals surface area (Å²) < 4.78 is 0. The van der Waals surface area contributed by atoms with Crippen LogP contribution >= 0.6 is 0 Å². The van der Waals surface area contributed by atoms with Gasteiger partial charge in [0.15, 0.2) is 0 Å². The number of nitrogens with one attached hydrogen (secondary N) is 2. The highest BCUT2D eigenvalue weighted by molar-refractivity contribution is 4.74. The van der Waals surface area contributed by atoms with Gasteiger partial charge in [0.05, 0.1) is 0 Å². The van der Waals surface area contributed by atoms with Crippen molar-refractivity contribution in [2.45, 2.75) is 64.5 Å². The van der Waals surface area contributed by atoms with Crippen LogP contribution in [0.4, 0.5) is 0 Å². The second-order valence-electron chi connectivity index (χ2n) is 5.47. The van der Waals surface area contributed by atoms with Crippen LogP contribution in [0.25, 0.3) is 0 Å². The van der Waals surface area contributed by atoms with Crippen LogP contribution in [0.3, 0.4) is 0 Å². The molecule has 0 amide bonds. The molecule has 0 bridgehead atoms. The van der Waals surface area contributed by atoms with Crippen molar-refractivity contribution >= 4 is 0 Å². The molecule has 0 atom stereocenters. The van der Waals surface area contributed by atoms with Crippen LogP contribution in [0.15, 0.2) is 0 Å². The standard InChI is InChI=1S/C12H26N2/c1-12(2,3)14-10-9-13-11-7-5-4-6-8-11/h11,13-14H,4-10H2,1-3H3. The molecule has 14 heavy (non-hydrogen) atoms. The van der Waals surface area contributed by atoms with Crippen molar-refractivity contribution in [1.82, 2.24) is 10.6 Å². The van der Waals surface area contributed by atoms with Crippen LogP contribution in [-0.4, -0.2) is 24.7 Å². The van der Waals surface area contributed by atoms with E-state index in [1.54, 1.807) is 0 Å². The normalized spacial score (nSPS) is 19.9. The molecule has 1 aliphatic rings. The van der Waals surface area contributed by atoms with Crippen LogP contribution < -0.4 is 10.6 Å². The zero-order valence-corrected chi connectivity index (χ0v) is 10.0. The van der Waals surface area contributed by atoms with E-state index in [1.165, 1.54) is 32.1 Å². The maximum Gasteiger partial charge on any atom is 0.00970 e. The third kappa shape index (κ3) is 5.61. The van der Waals surface area contributed by atoms with E-state index in [-0.39, 0.29) is 5.54 Å². The van der Waals surface area contributed by atoms with E-state index in [1.807, 2.05) is 0 Å². The fourth-order valence-corrected chi connectivity index (χ4v) is 2.02. The fourth-order valence-electron chi connectivity index (χ4n) is 2.02. The molecule has 2 N–H and O–H groups in total. The molecule has 0 aliphatic heterocycles. The first-order valence-electron chi connectivity index (χ1n) is 6.06. The maximum atomic E-state index is 3.63. The smallest absolute Gasteiger partial charge is 0.00970 e. The van der Waals surface area contributed by atoms with Gasteiger partial charge in [0, 0.05) is 24.7 Å². The molecule has 0 radical (unpaired) electrons.